The van der Waals surface area contributed by atoms with Gasteiger partial charge in [0, 0.05) is 23.8 Å². The molecule has 1 aromatic carbocycles. The molecule has 90 valence electrons. The standard InChI is InChI=1S/C15H14N2O/c1-11-9-13-7-8-17(14(13)15(18)16-11)10-12-5-3-2-4-6-12/h2-9H,10H2,1H3,(H,16,18). The van der Waals surface area contributed by atoms with Gasteiger partial charge >= 0.3 is 0 Å². The molecule has 3 heteroatoms. The van der Waals surface area contributed by atoms with E-state index < -0.39 is 0 Å². The molecular formula is C15H14N2O. The van der Waals surface area contributed by atoms with Crippen molar-refractivity contribution < 1.29 is 0 Å². The zero-order chi connectivity index (χ0) is 12.5. The smallest absolute Gasteiger partial charge is 0.272 e. The molecular weight excluding hydrogens is 224 g/mol. The van der Waals surface area contributed by atoms with Crippen molar-refractivity contribution in [3.8, 4) is 0 Å². The summed E-state index contributed by atoms with van der Waals surface area (Å²) in [7, 11) is 0. The first-order valence-electron chi connectivity index (χ1n) is 5.97. The van der Waals surface area contributed by atoms with Crippen LogP contribution in [-0.4, -0.2) is 9.55 Å². The SMILES string of the molecule is Cc1cc2ccn(Cc3ccccc3)c2c(=O)[nH]1. The maximum Gasteiger partial charge on any atom is 0.272 e. The Morgan fingerprint density at radius 3 is 2.72 bits per heavy atom. The zero-order valence-electron chi connectivity index (χ0n) is 10.2. The molecule has 0 atom stereocenters. The number of nitrogens with zero attached hydrogens (tertiary/aromatic N) is 1. The molecule has 2 heterocycles. The van der Waals surface area contributed by atoms with Crippen molar-refractivity contribution in [2.75, 3.05) is 0 Å². The minimum Gasteiger partial charge on any atom is -0.339 e. The van der Waals surface area contributed by atoms with E-state index in [2.05, 4.69) is 17.1 Å². The van der Waals surface area contributed by atoms with Crippen molar-refractivity contribution in [1.82, 2.24) is 9.55 Å². The van der Waals surface area contributed by atoms with Crippen LogP contribution in [0.4, 0.5) is 0 Å². The Morgan fingerprint density at radius 2 is 1.94 bits per heavy atom. The number of pyridine rings is 1. The van der Waals surface area contributed by atoms with Gasteiger partial charge < -0.3 is 9.55 Å². The number of aromatic amines is 1. The summed E-state index contributed by atoms with van der Waals surface area (Å²) in [6.07, 6.45) is 1.96. The van der Waals surface area contributed by atoms with Gasteiger partial charge in [-0.05, 0) is 24.6 Å². The molecule has 0 spiro atoms. The van der Waals surface area contributed by atoms with Crippen molar-refractivity contribution in [3.63, 3.8) is 0 Å². The van der Waals surface area contributed by atoms with Gasteiger partial charge in [0.1, 0.15) is 5.52 Å². The van der Waals surface area contributed by atoms with Gasteiger partial charge in [0.15, 0.2) is 0 Å². The lowest BCUT2D eigenvalue weighted by Crippen LogP contribution is -2.12. The molecule has 0 aliphatic heterocycles. The number of aryl methyl sites for hydroxylation is 1. The summed E-state index contributed by atoms with van der Waals surface area (Å²) in [6, 6.07) is 14.1. The first-order chi connectivity index (χ1) is 8.74. The first-order valence-corrected chi connectivity index (χ1v) is 5.97. The van der Waals surface area contributed by atoms with E-state index >= 15 is 0 Å². The van der Waals surface area contributed by atoms with Crippen LogP contribution in [-0.2, 0) is 6.54 Å². The number of hydrogen-bond donors (Lipinski definition) is 1. The normalized spacial score (nSPS) is 10.9. The predicted molar refractivity (Wildman–Crippen MR) is 72.8 cm³/mol. The molecule has 3 aromatic rings. The molecule has 0 aliphatic rings. The fraction of sp³-hybridized carbons (Fsp3) is 0.133. The third kappa shape index (κ3) is 1.84. The number of rotatable bonds is 2. The number of hydrogen-bond acceptors (Lipinski definition) is 1. The molecule has 18 heavy (non-hydrogen) atoms. The summed E-state index contributed by atoms with van der Waals surface area (Å²) in [5, 5.41) is 0.993. The summed E-state index contributed by atoms with van der Waals surface area (Å²) < 4.78 is 1.99. The second kappa shape index (κ2) is 4.18. The minimum absolute atomic E-state index is 0.0223. The van der Waals surface area contributed by atoms with Gasteiger partial charge in [-0.25, -0.2) is 0 Å². The van der Waals surface area contributed by atoms with Crippen molar-refractivity contribution in [2.24, 2.45) is 0 Å². The van der Waals surface area contributed by atoms with Crippen molar-refractivity contribution in [2.45, 2.75) is 13.5 Å². The predicted octanol–water partition coefficient (Wildman–Crippen LogP) is 2.69. The average Bonchev–Trinajstić information content (AvgIpc) is 2.73. The van der Waals surface area contributed by atoms with E-state index in [-0.39, 0.29) is 5.56 Å². The highest BCUT2D eigenvalue weighted by Gasteiger charge is 2.06. The van der Waals surface area contributed by atoms with Crippen molar-refractivity contribution in [1.29, 1.82) is 0 Å². The van der Waals surface area contributed by atoms with Gasteiger partial charge in [0.05, 0.1) is 0 Å². The number of benzene rings is 1. The fourth-order valence-electron chi connectivity index (χ4n) is 2.29. The van der Waals surface area contributed by atoms with Gasteiger partial charge in [0.2, 0.25) is 0 Å². The molecule has 0 fully saturated rings. The second-order valence-electron chi connectivity index (χ2n) is 4.51. The third-order valence-electron chi connectivity index (χ3n) is 3.09. The third-order valence-corrected chi connectivity index (χ3v) is 3.09. The highest BCUT2D eigenvalue weighted by molar-refractivity contribution is 5.79. The van der Waals surface area contributed by atoms with Crippen LogP contribution < -0.4 is 5.56 Å². The Labute approximate surface area is 105 Å². The van der Waals surface area contributed by atoms with Crippen LogP contribution in [0.15, 0.2) is 53.5 Å². The molecule has 0 bridgehead atoms. The summed E-state index contributed by atoms with van der Waals surface area (Å²) in [5.41, 5.74) is 2.80. The molecule has 3 rings (SSSR count). The highest BCUT2D eigenvalue weighted by atomic mass is 16.1. The number of nitrogens with one attached hydrogen (secondary N) is 1. The fourth-order valence-corrected chi connectivity index (χ4v) is 2.29. The molecule has 0 amide bonds. The van der Waals surface area contributed by atoms with Crippen LogP contribution in [0.1, 0.15) is 11.3 Å². The van der Waals surface area contributed by atoms with Gasteiger partial charge in [0.25, 0.3) is 5.56 Å². The van der Waals surface area contributed by atoms with Crippen LogP contribution in [0.3, 0.4) is 0 Å². The van der Waals surface area contributed by atoms with Crippen molar-refractivity contribution >= 4 is 10.9 Å². The van der Waals surface area contributed by atoms with E-state index in [1.807, 2.05) is 48.0 Å². The first kappa shape index (κ1) is 10.8. The monoisotopic (exact) mass is 238 g/mol. The summed E-state index contributed by atoms with van der Waals surface area (Å²) in [4.78, 5) is 14.8. The van der Waals surface area contributed by atoms with E-state index in [1.54, 1.807) is 0 Å². The lowest BCUT2D eigenvalue weighted by Gasteiger charge is -2.05. The minimum atomic E-state index is -0.0223. The van der Waals surface area contributed by atoms with E-state index in [9.17, 15) is 4.79 Å². The summed E-state index contributed by atoms with van der Waals surface area (Å²) in [5.74, 6) is 0. The number of fused-ring (bicyclic) bond motifs is 1. The molecule has 0 saturated heterocycles. The van der Waals surface area contributed by atoms with Gasteiger partial charge in [-0.2, -0.15) is 0 Å². The lowest BCUT2D eigenvalue weighted by molar-refractivity contribution is 0.831. The van der Waals surface area contributed by atoms with Gasteiger partial charge in [-0.15, -0.1) is 0 Å². The van der Waals surface area contributed by atoms with Gasteiger partial charge in [-0.3, -0.25) is 4.79 Å². The van der Waals surface area contributed by atoms with Crippen LogP contribution in [0.5, 0.6) is 0 Å². The molecule has 1 N–H and O–H groups in total. The molecule has 2 aromatic heterocycles. The molecule has 0 radical (unpaired) electrons. The topological polar surface area (TPSA) is 37.8 Å². The maximum absolute atomic E-state index is 12.0. The Bertz CT molecular complexity index is 738. The van der Waals surface area contributed by atoms with Crippen LogP contribution in [0.2, 0.25) is 0 Å². The van der Waals surface area contributed by atoms with Gasteiger partial charge in [-0.1, -0.05) is 30.3 Å². The number of aromatic nitrogens is 2. The van der Waals surface area contributed by atoms with E-state index in [0.29, 0.717) is 0 Å². The van der Waals surface area contributed by atoms with Crippen LogP contribution >= 0.6 is 0 Å². The maximum atomic E-state index is 12.0. The molecule has 0 unspecified atom stereocenters. The largest absolute Gasteiger partial charge is 0.339 e. The summed E-state index contributed by atoms with van der Waals surface area (Å²) >= 11 is 0. The van der Waals surface area contributed by atoms with Crippen molar-refractivity contribution in [3.05, 3.63) is 70.3 Å². The lowest BCUT2D eigenvalue weighted by atomic mass is 10.2. The highest BCUT2D eigenvalue weighted by Crippen LogP contribution is 2.14. The molecule has 0 saturated carbocycles. The summed E-state index contributed by atoms with van der Waals surface area (Å²) in [6.45, 7) is 2.62. The second-order valence-corrected chi connectivity index (χ2v) is 4.51. The van der Waals surface area contributed by atoms with E-state index in [1.165, 1.54) is 5.56 Å². The van der Waals surface area contributed by atoms with E-state index in [0.717, 1.165) is 23.1 Å². The number of H-pyrrole nitrogens is 1. The quantitative estimate of drug-likeness (QED) is 0.732. The molecule has 0 aliphatic carbocycles. The molecule has 3 nitrogen and oxygen atoms in total. The van der Waals surface area contributed by atoms with Crippen LogP contribution in [0, 0.1) is 6.92 Å². The Kier molecular flexibility index (Phi) is 2.52. The van der Waals surface area contributed by atoms with E-state index in [4.69, 9.17) is 0 Å². The van der Waals surface area contributed by atoms with Crippen LogP contribution in [0.25, 0.3) is 10.9 Å². The average molecular weight is 238 g/mol. The zero-order valence-corrected chi connectivity index (χ0v) is 10.2. The Balaban J connectivity index is 2.11. The Morgan fingerprint density at radius 1 is 1.17 bits per heavy atom. The Hall–Kier alpha value is -2.29.